The number of benzene rings is 2. The second-order valence-electron chi connectivity index (χ2n) is 21.5. The highest BCUT2D eigenvalue weighted by atomic mass is 19.1. The van der Waals surface area contributed by atoms with Crippen LogP contribution >= 0.6 is 0 Å². The molecule has 25 heteroatoms. The summed E-state index contributed by atoms with van der Waals surface area (Å²) in [7, 11) is 0. The van der Waals surface area contributed by atoms with Crippen LogP contribution in [0.15, 0.2) is 59.4 Å². The minimum Gasteiger partial charge on any atom is -0.458 e. The summed E-state index contributed by atoms with van der Waals surface area (Å²) in [6.07, 6.45) is 5.36. The van der Waals surface area contributed by atoms with E-state index in [1.807, 2.05) is 0 Å². The molecule has 0 fully saturated rings. The van der Waals surface area contributed by atoms with Crippen molar-refractivity contribution in [3.8, 4) is 11.4 Å². The number of pyridine rings is 2. The van der Waals surface area contributed by atoms with Crippen LogP contribution in [0.4, 0.5) is 4.39 Å². The lowest BCUT2D eigenvalue weighted by atomic mass is 9.81. The molecule has 1 aliphatic carbocycles. The van der Waals surface area contributed by atoms with Crippen molar-refractivity contribution in [3.05, 3.63) is 110 Å². The van der Waals surface area contributed by atoms with Crippen LogP contribution in [0, 0.1) is 12.7 Å². The van der Waals surface area contributed by atoms with E-state index in [0.29, 0.717) is 103 Å². The Bertz CT molecular complexity index is 3370. The second kappa shape index (κ2) is 27.2. The van der Waals surface area contributed by atoms with Gasteiger partial charge in [0.1, 0.15) is 18.5 Å². The molecular formula is C59H70FN11O13. The molecule has 4 aliphatic rings. The Hall–Kier alpha value is -8.55. The number of fused-ring (bicyclic) bond motifs is 5. The number of carbonyl (C=O) groups excluding carboxylic acids is 10. The quantitative estimate of drug-likeness (QED) is 0.0205. The lowest BCUT2D eigenvalue weighted by molar-refractivity contribution is -0.172. The van der Waals surface area contributed by atoms with Crippen molar-refractivity contribution in [2.45, 2.75) is 134 Å². The van der Waals surface area contributed by atoms with Crippen LogP contribution in [0.3, 0.4) is 0 Å². The van der Waals surface area contributed by atoms with Crippen molar-refractivity contribution in [3.63, 3.8) is 0 Å². The molecule has 8 rings (SSSR count). The van der Waals surface area contributed by atoms with Gasteiger partial charge >= 0.3 is 5.97 Å². The third kappa shape index (κ3) is 13.9. The minimum atomic E-state index is -2.09. The maximum Gasteiger partial charge on any atom is 0.343 e. The average Bonchev–Trinajstić information content (AvgIpc) is 1.50. The van der Waals surface area contributed by atoms with Gasteiger partial charge in [-0.05, 0) is 93.2 Å². The average molecular weight is 1160 g/mol. The van der Waals surface area contributed by atoms with E-state index < -0.39 is 114 Å². The van der Waals surface area contributed by atoms with E-state index in [9.17, 15) is 57.8 Å². The van der Waals surface area contributed by atoms with E-state index in [4.69, 9.17) is 21.2 Å². The van der Waals surface area contributed by atoms with Gasteiger partial charge in [0.05, 0.1) is 60.7 Å². The third-order valence-electron chi connectivity index (χ3n) is 15.7. The molecule has 9 amide bonds. The van der Waals surface area contributed by atoms with Crippen molar-refractivity contribution < 1.29 is 62.2 Å². The fourth-order valence-electron chi connectivity index (χ4n) is 11.2. The number of imide groups is 2. The monoisotopic (exact) mass is 1160 g/mol. The summed E-state index contributed by atoms with van der Waals surface area (Å²) in [5, 5.41) is 25.0. The van der Waals surface area contributed by atoms with Gasteiger partial charge in [0.25, 0.3) is 17.4 Å². The van der Waals surface area contributed by atoms with Crippen LogP contribution in [-0.4, -0.2) is 135 Å². The number of aryl methyl sites for hydroxylation is 1. The molecule has 0 spiro atoms. The predicted molar refractivity (Wildman–Crippen MR) is 301 cm³/mol. The Morgan fingerprint density at radius 3 is 2.32 bits per heavy atom. The van der Waals surface area contributed by atoms with Gasteiger partial charge in [-0.1, -0.05) is 50.1 Å². The Kier molecular flexibility index (Phi) is 19.9. The fourth-order valence-corrected chi connectivity index (χ4v) is 11.2. The normalized spacial score (nSPS) is 17.1. The Morgan fingerprint density at radius 2 is 1.60 bits per heavy atom. The number of cyclic esters (lactones) is 1. The molecule has 4 aromatic rings. The summed E-state index contributed by atoms with van der Waals surface area (Å²) in [5.41, 5.74) is 12.9. The van der Waals surface area contributed by atoms with E-state index in [1.54, 1.807) is 50.2 Å². The molecule has 0 bridgehead atoms. The molecule has 0 saturated heterocycles. The first-order valence-electron chi connectivity index (χ1n) is 28.3. The zero-order valence-electron chi connectivity index (χ0n) is 46.9. The van der Waals surface area contributed by atoms with Gasteiger partial charge < -0.3 is 52.0 Å². The highest BCUT2D eigenvalue weighted by Crippen LogP contribution is 2.46. The summed E-state index contributed by atoms with van der Waals surface area (Å²) in [5.74, 6) is -7.05. The maximum absolute atomic E-state index is 15.6. The fraction of sp³-hybridized carbons (Fsp3) is 0.458. The number of hydrogen-bond acceptors (Lipinski definition) is 16. The molecule has 10 N–H and O–H groups in total. The van der Waals surface area contributed by atoms with Crippen molar-refractivity contribution in [1.29, 1.82) is 0 Å². The van der Waals surface area contributed by atoms with Gasteiger partial charge in [-0.25, -0.2) is 14.2 Å². The van der Waals surface area contributed by atoms with Gasteiger partial charge in [-0.15, -0.1) is 0 Å². The summed E-state index contributed by atoms with van der Waals surface area (Å²) in [6.45, 7) is 1.50. The molecule has 0 unspecified atom stereocenters. The Labute approximate surface area is 482 Å². The van der Waals surface area contributed by atoms with Crippen LogP contribution in [0.2, 0.25) is 0 Å². The number of halogens is 1. The Morgan fingerprint density at radius 1 is 0.869 bits per heavy atom. The molecule has 446 valence electrons. The van der Waals surface area contributed by atoms with Gasteiger partial charge in [-0.2, -0.15) is 0 Å². The molecule has 0 radical (unpaired) electrons. The van der Waals surface area contributed by atoms with Crippen LogP contribution in [0.25, 0.3) is 22.3 Å². The van der Waals surface area contributed by atoms with E-state index in [0.717, 1.165) is 9.80 Å². The van der Waals surface area contributed by atoms with Gasteiger partial charge in [0.2, 0.25) is 41.4 Å². The van der Waals surface area contributed by atoms with Crippen molar-refractivity contribution in [2.75, 3.05) is 39.3 Å². The SMILES string of the molecule is CC[C@@]1(O)C(=O)OCc2c1cc1n(c2=O)Cc2c-1nc1cc(F)c(C)c3c1c2[C@@H](NC(=O)CCCN(CC(=O)NC(=O)CCCCCN1C(=O)C=CC1=O)C(=O)[C@H](Cc1ccccc1)NC(=O)CNC(=O)CNC(=O)[C@@H](N)CCCCN)CC3. The minimum absolute atomic E-state index is 0.00906. The summed E-state index contributed by atoms with van der Waals surface area (Å²) < 4.78 is 22.3. The lowest BCUT2D eigenvalue weighted by Gasteiger charge is -2.31. The van der Waals surface area contributed by atoms with E-state index in [1.165, 1.54) is 22.8 Å². The largest absolute Gasteiger partial charge is 0.458 e. The molecule has 0 saturated carbocycles. The second-order valence-corrected chi connectivity index (χ2v) is 21.5. The number of rotatable bonds is 27. The highest BCUT2D eigenvalue weighted by Gasteiger charge is 2.46. The number of esters is 1. The standard InChI is InChI=1S/C59H70FN11O13/c1-3-59(83)38-26-44-54-36(30-71(44)56(80)37(38)32-84-58(59)82)53-41(19-18-35-33(2)39(60)27-42(67-54)52(35)53)65-45(72)17-12-23-69(31-49(76)68-46(73)16-8-5-11-24-70-50(77)20-21-51(70)78)57(81)43(25-34-13-6-4-7-14-34)66-48(75)29-63-47(74)28-64-55(79)40(62)15-9-10-22-61/h4,6-7,13-14,20-21,26-27,40-41,43,83H,3,5,8-12,15-19,22-25,28-32,61-62H2,1-2H3,(H,63,74)(H,64,79)(H,65,72)(H,66,75)(H,68,73,76)/t40-,41-,43-,59-/m0/s1. The number of unbranched alkanes of at least 4 members (excludes halogenated alkanes) is 3. The highest BCUT2D eigenvalue weighted by molar-refractivity contribution is 6.12. The van der Waals surface area contributed by atoms with Crippen molar-refractivity contribution in [2.24, 2.45) is 11.5 Å². The molecule has 2 aromatic heterocycles. The zero-order valence-corrected chi connectivity index (χ0v) is 46.9. The number of hydrogen-bond donors (Lipinski definition) is 8. The van der Waals surface area contributed by atoms with Gasteiger partial charge in [0.15, 0.2) is 5.60 Å². The molecule has 3 aliphatic heterocycles. The van der Waals surface area contributed by atoms with E-state index >= 15 is 4.39 Å². The van der Waals surface area contributed by atoms with Gasteiger partial charge in [0, 0.05) is 67.1 Å². The van der Waals surface area contributed by atoms with Gasteiger partial charge in [-0.3, -0.25) is 58.2 Å². The molecule has 2 aromatic carbocycles. The Balaban J connectivity index is 0.982. The number of carbonyl (C=O) groups is 10. The first kappa shape index (κ1) is 61.5. The van der Waals surface area contributed by atoms with Crippen molar-refractivity contribution >= 4 is 70.0 Å². The molecule has 24 nitrogen and oxygen atoms in total. The number of aliphatic hydroxyl groups is 1. The summed E-state index contributed by atoms with van der Waals surface area (Å²) in [6, 6.07) is 8.59. The summed E-state index contributed by atoms with van der Waals surface area (Å²) >= 11 is 0. The van der Waals surface area contributed by atoms with E-state index in [-0.39, 0.29) is 75.0 Å². The molecule has 4 atom stereocenters. The number of ether oxygens (including phenoxy) is 1. The predicted octanol–water partition coefficient (Wildman–Crippen LogP) is 0.784. The van der Waals surface area contributed by atoms with Crippen LogP contribution in [-0.2, 0) is 84.3 Å². The number of nitrogens with two attached hydrogens (primary N) is 2. The third-order valence-corrected chi connectivity index (χ3v) is 15.7. The van der Waals surface area contributed by atoms with Crippen molar-refractivity contribution in [1.82, 2.24) is 45.9 Å². The maximum atomic E-state index is 15.6. The molecular weight excluding hydrogens is 1090 g/mol. The topological polar surface area (TPSA) is 354 Å². The zero-order chi connectivity index (χ0) is 60.4. The smallest absolute Gasteiger partial charge is 0.343 e. The molecule has 5 heterocycles. The van der Waals surface area contributed by atoms with Crippen LogP contribution in [0.5, 0.6) is 0 Å². The van der Waals surface area contributed by atoms with E-state index in [2.05, 4.69) is 26.6 Å². The van der Waals surface area contributed by atoms with Crippen LogP contribution < -0.4 is 43.6 Å². The number of nitrogens with zero attached hydrogens (tertiary/aromatic N) is 4. The lowest BCUT2D eigenvalue weighted by Crippen LogP contribution is -2.54. The first-order valence-corrected chi connectivity index (χ1v) is 28.3. The number of amides is 9. The van der Waals surface area contributed by atoms with Crippen LogP contribution in [0.1, 0.15) is 123 Å². The number of nitrogens with one attached hydrogen (secondary N) is 5. The summed E-state index contributed by atoms with van der Waals surface area (Å²) in [4.78, 5) is 152. The first-order chi connectivity index (χ1) is 40.2. The number of aromatic nitrogens is 2. The molecule has 84 heavy (non-hydrogen) atoms.